The highest BCUT2D eigenvalue weighted by molar-refractivity contribution is 6.20. The molecule has 1 atom stereocenters. The first kappa shape index (κ1) is 11.9. The van der Waals surface area contributed by atoms with E-state index < -0.39 is 0 Å². The fourth-order valence-electron chi connectivity index (χ4n) is 1.49. The molecule has 0 aliphatic carbocycles. The first-order valence-corrected chi connectivity index (χ1v) is 5.82. The summed E-state index contributed by atoms with van der Waals surface area (Å²) in [4.78, 5) is 15.8. The lowest BCUT2D eigenvalue weighted by Gasteiger charge is -2.04. The van der Waals surface area contributed by atoms with Gasteiger partial charge in [0.15, 0.2) is 0 Å². The summed E-state index contributed by atoms with van der Waals surface area (Å²) in [6, 6.07) is 0. The molecule has 2 aromatic rings. The Balaban J connectivity index is 2.09. The molecule has 0 spiro atoms. The lowest BCUT2D eigenvalue weighted by molar-refractivity contribution is 0.0955. The van der Waals surface area contributed by atoms with E-state index in [9.17, 15) is 4.79 Å². The quantitative estimate of drug-likeness (QED) is 0.839. The molecular weight excluding hydrogens is 240 g/mol. The van der Waals surface area contributed by atoms with Crippen LogP contribution in [0.4, 0.5) is 0 Å². The standard InChI is InChI=1S/C11H13ClN4O/c1-8(12)2-3-14-11(17)9-6-15-16-5-4-13-7-10(9)16/h4-8H,2-3H2,1H3,(H,14,17). The summed E-state index contributed by atoms with van der Waals surface area (Å²) in [5, 5.41) is 6.93. The summed E-state index contributed by atoms with van der Waals surface area (Å²) in [5.41, 5.74) is 1.23. The van der Waals surface area contributed by atoms with Crippen molar-refractivity contribution >= 4 is 23.0 Å². The molecule has 2 heterocycles. The Morgan fingerprint density at radius 1 is 1.59 bits per heavy atom. The average Bonchev–Trinajstić information content (AvgIpc) is 2.72. The van der Waals surface area contributed by atoms with Gasteiger partial charge in [-0.15, -0.1) is 11.6 Å². The van der Waals surface area contributed by atoms with Crippen molar-refractivity contribution in [2.45, 2.75) is 18.7 Å². The molecule has 0 saturated heterocycles. The molecule has 2 rings (SSSR count). The van der Waals surface area contributed by atoms with Crippen molar-refractivity contribution in [2.24, 2.45) is 0 Å². The number of alkyl halides is 1. The number of rotatable bonds is 4. The molecule has 2 aromatic heterocycles. The van der Waals surface area contributed by atoms with Crippen LogP contribution in [-0.2, 0) is 0 Å². The largest absolute Gasteiger partial charge is 0.352 e. The van der Waals surface area contributed by atoms with Gasteiger partial charge in [-0.25, -0.2) is 4.52 Å². The van der Waals surface area contributed by atoms with E-state index in [1.54, 1.807) is 23.1 Å². The molecule has 6 heteroatoms. The number of carbonyl (C=O) groups is 1. The van der Waals surface area contributed by atoms with E-state index >= 15 is 0 Å². The molecule has 17 heavy (non-hydrogen) atoms. The van der Waals surface area contributed by atoms with Crippen LogP contribution in [0.3, 0.4) is 0 Å². The lowest BCUT2D eigenvalue weighted by Crippen LogP contribution is -2.25. The van der Waals surface area contributed by atoms with Gasteiger partial charge in [-0.3, -0.25) is 9.78 Å². The molecular formula is C11H13ClN4O. The molecule has 90 valence electrons. The van der Waals surface area contributed by atoms with Crippen molar-refractivity contribution in [1.29, 1.82) is 0 Å². The fraction of sp³-hybridized carbons (Fsp3) is 0.364. The Hall–Kier alpha value is -1.62. The molecule has 0 radical (unpaired) electrons. The predicted molar refractivity (Wildman–Crippen MR) is 65.3 cm³/mol. The summed E-state index contributed by atoms with van der Waals surface area (Å²) in [7, 11) is 0. The Kier molecular flexibility index (Phi) is 3.58. The smallest absolute Gasteiger partial charge is 0.255 e. The number of amides is 1. The molecule has 0 aromatic carbocycles. The lowest BCUT2D eigenvalue weighted by atomic mass is 10.2. The third kappa shape index (κ3) is 2.74. The number of carbonyl (C=O) groups excluding carboxylic acids is 1. The Morgan fingerprint density at radius 3 is 3.18 bits per heavy atom. The Morgan fingerprint density at radius 2 is 2.41 bits per heavy atom. The van der Waals surface area contributed by atoms with Crippen LogP contribution in [0.25, 0.3) is 5.52 Å². The molecule has 5 nitrogen and oxygen atoms in total. The first-order valence-electron chi connectivity index (χ1n) is 5.38. The van der Waals surface area contributed by atoms with Gasteiger partial charge in [0.2, 0.25) is 0 Å². The number of nitrogens with zero attached hydrogens (tertiary/aromatic N) is 3. The van der Waals surface area contributed by atoms with Crippen LogP contribution in [0, 0.1) is 0 Å². The summed E-state index contributed by atoms with van der Waals surface area (Å²) < 4.78 is 1.62. The van der Waals surface area contributed by atoms with Crippen molar-refractivity contribution < 1.29 is 4.79 Å². The van der Waals surface area contributed by atoms with E-state index in [4.69, 9.17) is 11.6 Å². The van der Waals surface area contributed by atoms with Crippen LogP contribution >= 0.6 is 11.6 Å². The van der Waals surface area contributed by atoms with Crippen molar-refractivity contribution in [1.82, 2.24) is 19.9 Å². The molecule has 0 aliphatic rings. The van der Waals surface area contributed by atoms with Crippen LogP contribution in [0.1, 0.15) is 23.7 Å². The minimum atomic E-state index is -0.148. The van der Waals surface area contributed by atoms with Crippen molar-refractivity contribution in [2.75, 3.05) is 6.54 Å². The highest BCUT2D eigenvalue weighted by Gasteiger charge is 2.12. The maximum atomic E-state index is 11.9. The number of fused-ring (bicyclic) bond motifs is 1. The van der Waals surface area contributed by atoms with Gasteiger partial charge in [0.05, 0.1) is 23.5 Å². The van der Waals surface area contributed by atoms with Crippen LogP contribution in [0.15, 0.2) is 24.8 Å². The summed E-state index contributed by atoms with van der Waals surface area (Å²) >= 11 is 5.80. The van der Waals surface area contributed by atoms with Crippen LogP contribution in [-0.4, -0.2) is 32.4 Å². The number of nitrogens with one attached hydrogen (secondary N) is 1. The first-order chi connectivity index (χ1) is 8.18. The summed E-state index contributed by atoms with van der Waals surface area (Å²) in [6.45, 7) is 2.45. The molecule has 0 bridgehead atoms. The van der Waals surface area contributed by atoms with Crippen LogP contribution < -0.4 is 5.32 Å². The second-order valence-corrected chi connectivity index (χ2v) is 4.53. The zero-order valence-corrected chi connectivity index (χ0v) is 10.2. The van der Waals surface area contributed by atoms with E-state index in [2.05, 4.69) is 15.4 Å². The topological polar surface area (TPSA) is 59.3 Å². The van der Waals surface area contributed by atoms with Gasteiger partial charge in [0, 0.05) is 24.3 Å². The summed E-state index contributed by atoms with van der Waals surface area (Å²) in [5.74, 6) is -0.148. The van der Waals surface area contributed by atoms with Gasteiger partial charge in [0.25, 0.3) is 5.91 Å². The van der Waals surface area contributed by atoms with Crippen molar-refractivity contribution in [3.05, 3.63) is 30.4 Å². The highest BCUT2D eigenvalue weighted by atomic mass is 35.5. The van der Waals surface area contributed by atoms with E-state index in [1.807, 2.05) is 6.92 Å². The molecule has 1 amide bonds. The van der Waals surface area contributed by atoms with Crippen molar-refractivity contribution in [3.8, 4) is 0 Å². The van der Waals surface area contributed by atoms with Crippen LogP contribution in [0.5, 0.6) is 0 Å². The van der Waals surface area contributed by atoms with Gasteiger partial charge in [-0.1, -0.05) is 0 Å². The second-order valence-electron chi connectivity index (χ2n) is 3.79. The number of hydrogen-bond acceptors (Lipinski definition) is 3. The molecule has 1 unspecified atom stereocenters. The van der Waals surface area contributed by atoms with Crippen molar-refractivity contribution in [3.63, 3.8) is 0 Å². The summed E-state index contributed by atoms with van der Waals surface area (Å²) in [6.07, 6.45) is 7.22. The van der Waals surface area contributed by atoms with Gasteiger partial charge in [-0.05, 0) is 13.3 Å². The minimum Gasteiger partial charge on any atom is -0.352 e. The fourth-order valence-corrected chi connectivity index (χ4v) is 1.60. The van der Waals surface area contributed by atoms with Gasteiger partial charge in [0.1, 0.15) is 0 Å². The highest BCUT2D eigenvalue weighted by Crippen LogP contribution is 2.08. The van der Waals surface area contributed by atoms with Gasteiger partial charge >= 0.3 is 0 Å². The monoisotopic (exact) mass is 252 g/mol. The molecule has 1 N–H and O–H groups in total. The third-order valence-corrected chi connectivity index (χ3v) is 2.62. The average molecular weight is 253 g/mol. The van der Waals surface area contributed by atoms with Crippen LogP contribution in [0.2, 0.25) is 0 Å². The van der Waals surface area contributed by atoms with E-state index in [0.717, 1.165) is 6.42 Å². The Labute approximate surface area is 104 Å². The molecule has 0 saturated carbocycles. The SMILES string of the molecule is CC(Cl)CCNC(=O)c1cnn2ccncc12. The second kappa shape index (κ2) is 5.14. The zero-order valence-electron chi connectivity index (χ0n) is 9.43. The Bertz CT molecular complexity index is 523. The molecule has 0 aliphatic heterocycles. The van der Waals surface area contributed by atoms with Gasteiger partial charge in [-0.2, -0.15) is 5.10 Å². The number of aromatic nitrogens is 3. The van der Waals surface area contributed by atoms with E-state index in [-0.39, 0.29) is 11.3 Å². The number of hydrogen-bond donors (Lipinski definition) is 1. The van der Waals surface area contributed by atoms with Gasteiger partial charge < -0.3 is 5.32 Å². The third-order valence-electron chi connectivity index (χ3n) is 2.40. The maximum Gasteiger partial charge on any atom is 0.255 e. The zero-order chi connectivity index (χ0) is 12.3. The predicted octanol–water partition coefficient (Wildman–Crippen LogP) is 1.48. The maximum absolute atomic E-state index is 11.9. The normalized spacial score (nSPS) is 12.6. The van der Waals surface area contributed by atoms with E-state index in [1.165, 1.54) is 6.20 Å². The number of halogens is 1. The molecule has 0 fully saturated rings. The minimum absolute atomic E-state index is 0.0564. The van der Waals surface area contributed by atoms with E-state index in [0.29, 0.717) is 17.6 Å².